The summed E-state index contributed by atoms with van der Waals surface area (Å²) in [6.07, 6.45) is 3.49. The molecule has 6 heteroatoms. The van der Waals surface area contributed by atoms with E-state index in [4.69, 9.17) is 5.73 Å². The zero-order valence-electron chi connectivity index (χ0n) is 6.19. The fraction of sp³-hybridized carbons (Fsp3) is 0.167. The summed E-state index contributed by atoms with van der Waals surface area (Å²) >= 11 is 1.48. The highest BCUT2D eigenvalue weighted by atomic mass is 32.1. The van der Waals surface area contributed by atoms with Gasteiger partial charge in [0.15, 0.2) is 5.01 Å². The van der Waals surface area contributed by atoms with Crippen LogP contribution in [0.4, 0.5) is 0 Å². The number of nitrogens with zero attached hydrogens (tertiary/aromatic N) is 3. The summed E-state index contributed by atoms with van der Waals surface area (Å²) < 4.78 is 0. The summed E-state index contributed by atoms with van der Waals surface area (Å²) in [5, 5.41) is 16.1. The molecule has 0 fully saturated rings. The minimum absolute atomic E-state index is 0.440. The van der Waals surface area contributed by atoms with Crippen LogP contribution < -0.4 is 5.73 Å². The van der Waals surface area contributed by atoms with Gasteiger partial charge in [0.25, 0.3) is 0 Å². The van der Waals surface area contributed by atoms with E-state index in [1.807, 2.05) is 0 Å². The van der Waals surface area contributed by atoms with Crippen molar-refractivity contribution in [1.82, 2.24) is 20.4 Å². The number of nitrogens with one attached hydrogen (secondary N) is 1. The van der Waals surface area contributed by atoms with Crippen LogP contribution in [0, 0.1) is 0 Å². The molecule has 0 unspecified atom stereocenters. The molecule has 0 amide bonds. The minimum atomic E-state index is 0.440. The molecule has 2 rings (SSSR count). The average Bonchev–Trinajstić information content (AvgIpc) is 2.75. The first-order valence-corrected chi connectivity index (χ1v) is 4.23. The summed E-state index contributed by atoms with van der Waals surface area (Å²) in [6, 6.07) is 0. The van der Waals surface area contributed by atoms with Gasteiger partial charge in [-0.1, -0.05) is 11.3 Å². The highest BCUT2D eigenvalue weighted by molar-refractivity contribution is 7.14. The third-order valence-electron chi connectivity index (χ3n) is 1.39. The van der Waals surface area contributed by atoms with E-state index in [0.717, 1.165) is 15.6 Å². The topological polar surface area (TPSA) is 80.5 Å². The number of rotatable bonds is 2. The maximum absolute atomic E-state index is 5.40. The Labute approximate surface area is 72.6 Å². The standard InChI is InChI=1S/C6H7N5S/c7-1-5-10-11-6(12-5)4-2-8-9-3-4/h2-3H,1,7H2,(H,8,9). The first kappa shape index (κ1) is 7.38. The normalized spacial score (nSPS) is 10.4. The van der Waals surface area contributed by atoms with Crippen molar-refractivity contribution in [3.05, 3.63) is 17.4 Å². The third kappa shape index (κ3) is 1.21. The van der Waals surface area contributed by atoms with Crippen LogP contribution in [0.5, 0.6) is 0 Å². The van der Waals surface area contributed by atoms with Gasteiger partial charge in [-0.15, -0.1) is 10.2 Å². The van der Waals surface area contributed by atoms with E-state index < -0.39 is 0 Å². The molecule has 0 radical (unpaired) electrons. The maximum atomic E-state index is 5.40. The molecule has 0 aliphatic heterocycles. The summed E-state index contributed by atoms with van der Waals surface area (Å²) in [7, 11) is 0. The monoisotopic (exact) mass is 181 g/mol. The van der Waals surface area contributed by atoms with Crippen molar-refractivity contribution in [1.29, 1.82) is 0 Å². The fourth-order valence-corrected chi connectivity index (χ4v) is 1.52. The van der Waals surface area contributed by atoms with Gasteiger partial charge in [-0.25, -0.2) is 0 Å². The molecule has 12 heavy (non-hydrogen) atoms. The van der Waals surface area contributed by atoms with Crippen molar-refractivity contribution >= 4 is 11.3 Å². The lowest BCUT2D eigenvalue weighted by Crippen LogP contribution is -1.94. The number of aromatic amines is 1. The highest BCUT2D eigenvalue weighted by Gasteiger charge is 2.05. The summed E-state index contributed by atoms with van der Waals surface area (Å²) in [6.45, 7) is 0.440. The number of hydrogen-bond acceptors (Lipinski definition) is 5. The van der Waals surface area contributed by atoms with Crippen LogP contribution in [-0.4, -0.2) is 20.4 Å². The van der Waals surface area contributed by atoms with Crippen molar-refractivity contribution in [3.63, 3.8) is 0 Å². The van der Waals surface area contributed by atoms with Gasteiger partial charge in [-0.05, 0) is 0 Å². The lowest BCUT2D eigenvalue weighted by atomic mass is 10.4. The van der Waals surface area contributed by atoms with Gasteiger partial charge in [-0.3, -0.25) is 5.10 Å². The van der Waals surface area contributed by atoms with Crippen molar-refractivity contribution in [3.8, 4) is 10.6 Å². The molecule has 0 saturated heterocycles. The van der Waals surface area contributed by atoms with Crippen LogP contribution in [0.3, 0.4) is 0 Å². The molecule has 2 aromatic heterocycles. The average molecular weight is 181 g/mol. The quantitative estimate of drug-likeness (QED) is 0.702. The van der Waals surface area contributed by atoms with Gasteiger partial charge in [0.1, 0.15) is 5.01 Å². The Balaban J connectivity index is 2.35. The smallest absolute Gasteiger partial charge is 0.151 e. The van der Waals surface area contributed by atoms with Crippen LogP contribution in [0.2, 0.25) is 0 Å². The first-order valence-electron chi connectivity index (χ1n) is 3.42. The zero-order valence-corrected chi connectivity index (χ0v) is 7.01. The van der Waals surface area contributed by atoms with Crippen LogP contribution in [0.15, 0.2) is 12.4 Å². The van der Waals surface area contributed by atoms with Crippen molar-refractivity contribution in [2.45, 2.75) is 6.54 Å². The van der Waals surface area contributed by atoms with E-state index in [2.05, 4.69) is 20.4 Å². The molecule has 5 nitrogen and oxygen atoms in total. The minimum Gasteiger partial charge on any atom is -0.324 e. The van der Waals surface area contributed by atoms with Gasteiger partial charge in [0, 0.05) is 12.7 Å². The molecule has 0 atom stereocenters. The molecular weight excluding hydrogens is 174 g/mol. The molecule has 0 aliphatic carbocycles. The van der Waals surface area contributed by atoms with Gasteiger partial charge < -0.3 is 5.73 Å². The predicted octanol–water partition coefficient (Wildman–Crippen LogP) is 0.387. The van der Waals surface area contributed by atoms with Crippen LogP contribution in [0.1, 0.15) is 5.01 Å². The third-order valence-corrected chi connectivity index (χ3v) is 2.38. The van der Waals surface area contributed by atoms with E-state index in [1.165, 1.54) is 11.3 Å². The van der Waals surface area contributed by atoms with Gasteiger partial charge in [0.05, 0.1) is 11.8 Å². The summed E-state index contributed by atoms with van der Waals surface area (Å²) in [4.78, 5) is 0. The van der Waals surface area contributed by atoms with Crippen molar-refractivity contribution in [2.75, 3.05) is 0 Å². The second-order valence-corrected chi connectivity index (χ2v) is 3.25. The van der Waals surface area contributed by atoms with Crippen LogP contribution >= 0.6 is 11.3 Å². The Morgan fingerprint density at radius 3 is 3.00 bits per heavy atom. The largest absolute Gasteiger partial charge is 0.324 e. The van der Waals surface area contributed by atoms with E-state index in [9.17, 15) is 0 Å². The molecule has 0 spiro atoms. The lowest BCUT2D eigenvalue weighted by molar-refractivity contribution is 0.960. The molecule has 0 saturated carbocycles. The number of nitrogens with two attached hydrogens (primary N) is 1. The van der Waals surface area contributed by atoms with Crippen molar-refractivity contribution < 1.29 is 0 Å². The Bertz CT molecular complexity index is 352. The van der Waals surface area contributed by atoms with Gasteiger partial charge in [-0.2, -0.15) is 5.10 Å². The highest BCUT2D eigenvalue weighted by Crippen LogP contribution is 2.21. The Morgan fingerprint density at radius 2 is 2.42 bits per heavy atom. The molecule has 0 bridgehead atoms. The molecule has 2 heterocycles. The van der Waals surface area contributed by atoms with Gasteiger partial charge in [0.2, 0.25) is 0 Å². The SMILES string of the molecule is NCc1nnc(-c2cn[nH]c2)s1. The summed E-state index contributed by atoms with van der Waals surface area (Å²) in [5.41, 5.74) is 6.35. The Hall–Kier alpha value is -1.27. The maximum Gasteiger partial charge on any atom is 0.151 e. The van der Waals surface area contributed by atoms with Crippen LogP contribution in [-0.2, 0) is 6.54 Å². The number of H-pyrrole nitrogens is 1. The summed E-state index contributed by atoms with van der Waals surface area (Å²) in [5.74, 6) is 0. The van der Waals surface area contributed by atoms with Crippen LogP contribution in [0.25, 0.3) is 10.6 Å². The Kier molecular flexibility index (Phi) is 1.84. The molecule has 2 aromatic rings. The second-order valence-electron chi connectivity index (χ2n) is 2.19. The molecule has 0 aliphatic rings. The zero-order chi connectivity index (χ0) is 8.39. The molecular formula is C6H7N5S. The predicted molar refractivity (Wildman–Crippen MR) is 45.4 cm³/mol. The van der Waals surface area contributed by atoms with Crippen molar-refractivity contribution in [2.24, 2.45) is 5.73 Å². The second kappa shape index (κ2) is 3.00. The van der Waals surface area contributed by atoms with E-state index >= 15 is 0 Å². The van der Waals surface area contributed by atoms with E-state index in [1.54, 1.807) is 12.4 Å². The number of aromatic nitrogens is 4. The number of hydrogen-bond donors (Lipinski definition) is 2. The fourth-order valence-electron chi connectivity index (χ4n) is 0.821. The first-order chi connectivity index (χ1) is 5.90. The molecule has 0 aromatic carbocycles. The van der Waals surface area contributed by atoms with E-state index in [0.29, 0.717) is 6.54 Å². The van der Waals surface area contributed by atoms with Gasteiger partial charge >= 0.3 is 0 Å². The Morgan fingerprint density at radius 1 is 1.50 bits per heavy atom. The lowest BCUT2D eigenvalue weighted by Gasteiger charge is -1.82. The van der Waals surface area contributed by atoms with E-state index in [-0.39, 0.29) is 0 Å². The molecule has 62 valence electrons. The molecule has 3 N–H and O–H groups in total.